The third-order valence-electron chi connectivity index (χ3n) is 3.53. The van der Waals surface area contributed by atoms with Crippen LogP contribution >= 0.6 is 12.2 Å². The Morgan fingerprint density at radius 2 is 2.00 bits per heavy atom. The lowest BCUT2D eigenvalue weighted by molar-refractivity contribution is 0.415. The summed E-state index contributed by atoms with van der Waals surface area (Å²) in [4.78, 5) is 1.89. The number of hydrogen-bond acceptors (Lipinski definition) is 4. The van der Waals surface area contributed by atoms with Crippen molar-refractivity contribution in [3.8, 4) is 5.75 Å². The SMILES string of the molecule is COc1ccc(N2C(=S)N[C@@H]3CS(=O)(=O)C[C@@H]32)cc1. The van der Waals surface area contributed by atoms with Crippen molar-refractivity contribution < 1.29 is 13.2 Å². The van der Waals surface area contributed by atoms with Gasteiger partial charge in [-0.05, 0) is 36.5 Å². The van der Waals surface area contributed by atoms with E-state index in [1.807, 2.05) is 29.2 Å². The molecule has 0 bridgehead atoms. The minimum absolute atomic E-state index is 0.0976. The van der Waals surface area contributed by atoms with E-state index in [1.54, 1.807) is 7.11 Å². The molecule has 1 aromatic rings. The third kappa shape index (κ3) is 2.17. The molecule has 2 aliphatic heterocycles. The summed E-state index contributed by atoms with van der Waals surface area (Å²) in [5.74, 6) is 1.07. The Hall–Kier alpha value is -1.34. The smallest absolute Gasteiger partial charge is 0.174 e. The van der Waals surface area contributed by atoms with Crippen molar-refractivity contribution in [2.45, 2.75) is 12.1 Å². The molecule has 0 spiro atoms. The number of rotatable bonds is 2. The van der Waals surface area contributed by atoms with Crippen LogP contribution in [0.1, 0.15) is 0 Å². The van der Waals surface area contributed by atoms with E-state index < -0.39 is 9.84 Å². The van der Waals surface area contributed by atoms with Gasteiger partial charge in [0.05, 0.1) is 30.7 Å². The third-order valence-corrected chi connectivity index (χ3v) is 5.56. The van der Waals surface area contributed by atoms with Crippen LogP contribution in [0, 0.1) is 0 Å². The van der Waals surface area contributed by atoms with Gasteiger partial charge in [-0.3, -0.25) is 0 Å². The van der Waals surface area contributed by atoms with Gasteiger partial charge < -0.3 is 15.0 Å². The molecule has 3 rings (SSSR count). The summed E-state index contributed by atoms with van der Waals surface area (Å²) < 4.78 is 28.5. The molecule has 1 N–H and O–H groups in total. The number of sulfone groups is 1. The van der Waals surface area contributed by atoms with Crippen molar-refractivity contribution in [3.63, 3.8) is 0 Å². The molecule has 19 heavy (non-hydrogen) atoms. The number of benzene rings is 1. The van der Waals surface area contributed by atoms with E-state index in [2.05, 4.69) is 5.32 Å². The van der Waals surface area contributed by atoms with Crippen molar-refractivity contribution in [2.24, 2.45) is 0 Å². The van der Waals surface area contributed by atoms with Gasteiger partial charge in [0, 0.05) is 5.69 Å². The van der Waals surface area contributed by atoms with Gasteiger partial charge in [-0.25, -0.2) is 8.42 Å². The number of anilines is 1. The molecule has 7 heteroatoms. The van der Waals surface area contributed by atoms with Gasteiger partial charge in [-0.15, -0.1) is 0 Å². The number of hydrogen-bond donors (Lipinski definition) is 1. The number of nitrogens with one attached hydrogen (secondary N) is 1. The van der Waals surface area contributed by atoms with Crippen LogP contribution in [0.25, 0.3) is 0 Å². The molecule has 2 fully saturated rings. The zero-order valence-electron chi connectivity index (χ0n) is 10.4. The number of thiocarbonyl (C=S) groups is 1. The predicted octanol–water partition coefficient (Wildman–Crippen LogP) is 0.555. The number of fused-ring (bicyclic) bond motifs is 1. The minimum Gasteiger partial charge on any atom is -0.497 e. The summed E-state index contributed by atoms with van der Waals surface area (Å²) in [6.45, 7) is 0. The van der Waals surface area contributed by atoms with Crippen LogP contribution in [0.5, 0.6) is 5.75 Å². The Morgan fingerprint density at radius 1 is 1.32 bits per heavy atom. The molecule has 102 valence electrons. The lowest BCUT2D eigenvalue weighted by Crippen LogP contribution is -2.36. The maximum Gasteiger partial charge on any atom is 0.174 e. The zero-order chi connectivity index (χ0) is 13.6. The van der Waals surface area contributed by atoms with Crippen LogP contribution in [-0.2, 0) is 9.84 Å². The monoisotopic (exact) mass is 298 g/mol. The summed E-state index contributed by atoms with van der Waals surface area (Å²) in [5, 5.41) is 3.69. The van der Waals surface area contributed by atoms with Crippen LogP contribution in [0.15, 0.2) is 24.3 Å². The second kappa shape index (κ2) is 4.35. The maximum absolute atomic E-state index is 11.7. The number of methoxy groups -OCH3 is 1. The fourth-order valence-corrected chi connectivity index (χ4v) is 4.93. The lowest BCUT2D eigenvalue weighted by atomic mass is 10.1. The summed E-state index contributed by atoms with van der Waals surface area (Å²) in [6.07, 6.45) is 0. The Kier molecular flexibility index (Phi) is 2.90. The van der Waals surface area contributed by atoms with Crippen molar-refractivity contribution in [3.05, 3.63) is 24.3 Å². The van der Waals surface area contributed by atoms with Gasteiger partial charge in [-0.2, -0.15) is 0 Å². The Morgan fingerprint density at radius 3 is 2.63 bits per heavy atom. The highest BCUT2D eigenvalue weighted by Crippen LogP contribution is 2.30. The van der Waals surface area contributed by atoms with Crippen LogP contribution in [0.4, 0.5) is 5.69 Å². The van der Waals surface area contributed by atoms with Crippen molar-refractivity contribution >= 4 is 32.9 Å². The molecule has 2 saturated heterocycles. The van der Waals surface area contributed by atoms with E-state index in [0.717, 1.165) is 11.4 Å². The lowest BCUT2D eigenvalue weighted by Gasteiger charge is -2.23. The topological polar surface area (TPSA) is 58.6 Å². The first kappa shape index (κ1) is 12.7. The van der Waals surface area contributed by atoms with Crippen molar-refractivity contribution in [1.82, 2.24) is 5.32 Å². The van der Waals surface area contributed by atoms with E-state index in [4.69, 9.17) is 17.0 Å². The van der Waals surface area contributed by atoms with Crippen LogP contribution < -0.4 is 15.0 Å². The predicted molar refractivity (Wildman–Crippen MR) is 77.4 cm³/mol. The van der Waals surface area contributed by atoms with Gasteiger partial charge in [0.1, 0.15) is 5.75 Å². The molecule has 0 saturated carbocycles. The standard InChI is InChI=1S/C12H14N2O3S2/c1-17-9-4-2-8(3-5-9)14-11-7-19(15,16)6-10(11)13-12(14)18/h2-5,10-11H,6-7H2,1H3,(H,13,18)/t10-,11+/m1/s1. The quantitative estimate of drug-likeness (QED) is 0.805. The fraction of sp³-hybridized carbons (Fsp3) is 0.417. The first-order valence-electron chi connectivity index (χ1n) is 5.94. The van der Waals surface area contributed by atoms with Gasteiger partial charge in [0.2, 0.25) is 0 Å². The van der Waals surface area contributed by atoms with E-state index in [-0.39, 0.29) is 23.6 Å². The number of ether oxygens (including phenoxy) is 1. The second-order valence-electron chi connectivity index (χ2n) is 4.77. The summed E-state index contributed by atoms with van der Waals surface area (Å²) in [5.41, 5.74) is 0.892. The maximum atomic E-state index is 11.7. The summed E-state index contributed by atoms with van der Waals surface area (Å²) in [6, 6.07) is 7.26. The molecule has 0 amide bonds. The first-order valence-corrected chi connectivity index (χ1v) is 8.17. The van der Waals surface area contributed by atoms with Crippen LogP contribution in [-0.4, -0.2) is 44.2 Å². The normalized spacial score (nSPS) is 28.1. The molecule has 0 aliphatic carbocycles. The van der Waals surface area contributed by atoms with E-state index in [0.29, 0.717) is 5.11 Å². The zero-order valence-corrected chi connectivity index (χ0v) is 12.0. The van der Waals surface area contributed by atoms with Gasteiger partial charge in [0.15, 0.2) is 14.9 Å². The molecular weight excluding hydrogens is 284 g/mol. The average Bonchev–Trinajstić information content (AvgIpc) is 2.79. The molecule has 1 aromatic carbocycles. The highest BCUT2D eigenvalue weighted by molar-refractivity contribution is 7.91. The molecule has 2 atom stereocenters. The van der Waals surface area contributed by atoms with Gasteiger partial charge in [0.25, 0.3) is 0 Å². The molecule has 0 aromatic heterocycles. The molecule has 0 unspecified atom stereocenters. The van der Waals surface area contributed by atoms with Gasteiger partial charge >= 0.3 is 0 Å². The molecule has 2 aliphatic rings. The van der Waals surface area contributed by atoms with E-state index in [1.165, 1.54) is 0 Å². The van der Waals surface area contributed by atoms with Crippen molar-refractivity contribution in [2.75, 3.05) is 23.5 Å². The summed E-state index contributed by atoms with van der Waals surface area (Å²) >= 11 is 5.30. The van der Waals surface area contributed by atoms with E-state index >= 15 is 0 Å². The number of nitrogens with zero attached hydrogens (tertiary/aromatic N) is 1. The fourth-order valence-electron chi connectivity index (χ4n) is 2.65. The largest absolute Gasteiger partial charge is 0.497 e. The Labute approximate surface area is 117 Å². The molecular formula is C12H14N2O3S2. The van der Waals surface area contributed by atoms with E-state index in [9.17, 15) is 8.42 Å². The van der Waals surface area contributed by atoms with Gasteiger partial charge in [-0.1, -0.05) is 0 Å². The molecule has 2 heterocycles. The summed E-state index contributed by atoms with van der Waals surface area (Å²) in [7, 11) is -1.36. The van der Waals surface area contributed by atoms with Crippen molar-refractivity contribution in [1.29, 1.82) is 0 Å². The Balaban J connectivity index is 1.92. The Bertz CT molecular complexity index is 612. The van der Waals surface area contributed by atoms with Crippen LogP contribution in [0.2, 0.25) is 0 Å². The highest BCUT2D eigenvalue weighted by atomic mass is 32.2. The minimum atomic E-state index is -2.97. The molecule has 0 radical (unpaired) electrons. The first-order chi connectivity index (χ1) is 9.00. The second-order valence-corrected chi connectivity index (χ2v) is 7.31. The highest BCUT2D eigenvalue weighted by Gasteiger charge is 2.47. The van der Waals surface area contributed by atoms with Crippen LogP contribution in [0.3, 0.4) is 0 Å². The molecule has 5 nitrogen and oxygen atoms in total. The average molecular weight is 298 g/mol.